The van der Waals surface area contributed by atoms with Crippen LogP contribution in [0, 0.1) is 11.8 Å². The lowest BCUT2D eigenvalue weighted by Gasteiger charge is -2.18. The van der Waals surface area contributed by atoms with Gasteiger partial charge in [0.2, 0.25) is 0 Å². The van der Waals surface area contributed by atoms with E-state index in [2.05, 4.69) is 27.4 Å². The quantitative estimate of drug-likeness (QED) is 0.602. The van der Waals surface area contributed by atoms with Crippen molar-refractivity contribution in [2.45, 2.75) is 52.5 Å². The monoisotopic (exact) mass is 183 g/mol. The van der Waals surface area contributed by atoms with Gasteiger partial charge in [-0.2, -0.15) is 0 Å². The highest BCUT2D eigenvalue weighted by molar-refractivity contribution is 4.82. The summed E-state index contributed by atoms with van der Waals surface area (Å²) in [6, 6.07) is 0.196. The Labute approximate surface area is 83.4 Å². The Balaban J connectivity index is 3.64. The van der Waals surface area contributed by atoms with E-state index in [9.17, 15) is 0 Å². The summed E-state index contributed by atoms with van der Waals surface area (Å²) in [6.07, 6.45) is 6.81. The summed E-state index contributed by atoms with van der Waals surface area (Å²) in [5.41, 5.74) is 5.79. The van der Waals surface area contributed by atoms with Crippen molar-refractivity contribution in [3.8, 4) is 0 Å². The Kier molecular flexibility index (Phi) is 6.97. The highest BCUT2D eigenvalue weighted by Gasteiger charge is 2.09. The van der Waals surface area contributed by atoms with Gasteiger partial charge in [0.15, 0.2) is 0 Å². The molecule has 0 aliphatic rings. The lowest BCUT2D eigenvalue weighted by molar-refractivity contribution is 0.363. The molecule has 1 heteroatoms. The Morgan fingerprint density at radius 1 is 1.31 bits per heavy atom. The largest absolute Gasteiger partial charge is 0.324 e. The van der Waals surface area contributed by atoms with Crippen LogP contribution >= 0.6 is 0 Å². The summed E-state index contributed by atoms with van der Waals surface area (Å²) in [4.78, 5) is 0. The molecule has 2 N–H and O–H groups in total. The second-order valence-corrected chi connectivity index (χ2v) is 4.38. The van der Waals surface area contributed by atoms with Crippen molar-refractivity contribution >= 4 is 0 Å². The van der Waals surface area contributed by atoms with Gasteiger partial charge in [-0.05, 0) is 31.1 Å². The molecule has 1 nitrogen and oxygen atoms in total. The van der Waals surface area contributed by atoms with E-state index in [1.807, 2.05) is 6.08 Å². The predicted molar refractivity (Wildman–Crippen MR) is 60.6 cm³/mol. The standard InChI is InChI=1S/C12H25N/c1-5-11(9-10(3)4)7-8-12(13)6-2/h6,10-12H,2,5,7-9,13H2,1,3-4H3. The minimum Gasteiger partial charge on any atom is -0.324 e. The summed E-state index contributed by atoms with van der Waals surface area (Å²) in [5.74, 6) is 1.66. The molecular weight excluding hydrogens is 158 g/mol. The van der Waals surface area contributed by atoms with E-state index in [-0.39, 0.29) is 6.04 Å². The zero-order valence-electron chi connectivity index (χ0n) is 9.42. The third-order valence-corrected chi connectivity index (χ3v) is 2.59. The van der Waals surface area contributed by atoms with Crippen LogP contribution in [0.15, 0.2) is 12.7 Å². The molecule has 2 atom stereocenters. The fourth-order valence-corrected chi connectivity index (χ4v) is 1.70. The van der Waals surface area contributed by atoms with Crippen molar-refractivity contribution in [2.75, 3.05) is 0 Å². The second-order valence-electron chi connectivity index (χ2n) is 4.38. The Morgan fingerprint density at radius 3 is 2.31 bits per heavy atom. The molecule has 0 saturated carbocycles. The van der Waals surface area contributed by atoms with Crippen molar-refractivity contribution in [1.29, 1.82) is 0 Å². The van der Waals surface area contributed by atoms with Crippen LogP contribution in [0.3, 0.4) is 0 Å². The second kappa shape index (κ2) is 7.14. The molecule has 0 bridgehead atoms. The summed E-state index contributed by atoms with van der Waals surface area (Å²) >= 11 is 0. The zero-order valence-corrected chi connectivity index (χ0v) is 9.42. The minimum absolute atomic E-state index is 0.196. The van der Waals surface area contributed by atoms with Crippen LogP contribution in [0.2, 0.25) is 0 Å². The van der Waals surface area contributed by atoms with Gasteiger partial charge < -0.3 is 5.73 Å². The third-order valence-electron chi connectivity index (χ3n) is 2.59. The maximum Gasteiger partial charge on any atom is 0.0221 e. The fraction of sp³-hybridized carbons (Fsp3) is 0.833. The van der Waals surface area contributed by atoms with E-state index >= 15 is 0 Å². The molecule has 2 unspecified atom stereocenters. The number of hydrogen-bond acceptors (Lipinski definition) is 1. The van der Waals surface area contributed by atoms with Gasteiger partial charge in [-0.3, -0.25) is 0 Å². The molecule has 0 spiro atoms. The zero-order chi connectivity index (χ0) is 10.3. The van der Waals surface area contributed by atoms with Crippen LogP contribution in [-0.2, 0) is 0 Å². The van der Waals surface area contributed by atoms with Crippen LogP contribution in [-0.4, -0.2) is 6.04 Å². The first kappa shape index (κ1) is 12.7. The van der Waals surface area contributed by atoms with Crippen molar-refractivity contribution in [3.05, 3.63) is 12.7 Å². The van der Waals surface area contributed by atoms with Crippen LogP contribution in [0.1, 0.15) is 46.5 Å². The highest BCUT2D eigenvalue weighted by atomic mass is 14.6. The highest BCUT2D eigenvalue weighted by Crippen LogP contribution is 2.20. The molecular formula is C12H25N. The maximum absolute atomic E-state index is 5.79. The first-order valence-electron chi connectivity index (χ1n) is 5.48. The molecule has 13 heavy (non-hydrogen) atoms. The van der Waals surface area contributed by atoms with Gasteiger partial charge in [0.1, 0.15) is 0 Å². The summed E-state index contributed by atoms with van der Waals surface area (Å²) < 4.78 is 0. The topological polar surface area (TPSA) is 26.0 Å². The molecule has 0 fully saturated rings. The van der Waals surface area contributed by atoms with Crippen LogP contribution in [0.4, 0.5) is 0 Å². The number of rotatable bonds is 7. The summed E-state index contributed by atoms with van der Waals surface area (Å²) in [6.45, 7) is 10.5. The predicted octanol–water partition coefficient (Wildman–Crippen LogP) is 3.35. The van der Waals surface area contributed by atoms with Gasteiger partial charge in [0, 0.05) is 6.04 Å². The van der Waals surface area contributed by atoms with E-state index in [1.165, 1.54) is 19.3 Å². The SMILES string of the molecule is C=CC(N)CCC(CC)CC(C)C. The van der Waals surface area contributed by atoms with Gasteiger partial charge in [-0.25, -0.2) is 0 Å². The molecule has 0 aliphatic carbocycles. The Bertz CT molecular complexity index is 129. The van der Waals surface area contributed by atoms with Gasteiger partial charge in [-0.1, -0.05) is 33.3 Å². The van der Waals surface area contributed by atoms with E-state index in [1.54, 1.807) is 0 Å². The number of nitrogens with two attached hydrogens (primary N) is 1. The van der Waals surface area contributed by atoms with Crippen molar-refractivity contribution in [1.82, 2.24) is 0 Å². The number of hydrogen-bond donors (Lipinski definition) is 1. The molecule has 0 aliphatic heterocycles. The average Bonchev–Trinajstić information content (AvgIpc) is 2.10. The molecule has 78 valence electrons. The Hall–Kier alpha value is -0.300. The van der Waals surface area contributed by atoms with Crippen molar-refractivity contribution in [2.24, 2.45) is 17.6 Å². The van der Waals surface area contributed by atoms with Gasteiger partial charge in [0.05, 0.1) is 0 Å². The average molecular weight is 183 g/mol. The third kappa shape index (κ3) is 6.83. The minimum atomic E-state index is 0.196. The molecule has 0 rings (SSSR count). The van der Waals surface area contributed by atoms with Crippen molar-refractivity contribution < 1.29 is 0 Å². The fourth-order valence-electron chi connectivity index (χ4n) is 1.70. The molecule has 0 aromatic rings. The van der Waals surface area contributed by atoms with Gasteiger partial charge in [-0.15, -0.1) is 6.58 Å². The van der Waals surface area contributed by atoms with E-state index in [4.69, 9.17) is 5.73 Å². The molecule has 0 aromatic carbocycles. The normalized spacial score (nSPS) is 15.8. The molecule has 0 radical (unpaired) electrons. The smallest absolute Gasteiger partial charge is 0.0221 e. The first-order chi connectivity index (χ1) is 6.10. The van der Waals surface area contributed by atoms with E-state index in [0.717, 1.165) is 18.3 Å². The molecule has 0 heterocycles. The van der Waals surface area contributed by atoms with Crippen LogP contribution in [0.5, 0.6) is 0 Å². The van der Waals surface area contributed by atoms with Crippen molar-refractivity contribution in [3.63, 3.8) is 0 Å². The van der Waals surface area contributed by atoms with Gasteiger partial charge >= 0.3 is 0 Å². The van der Waals surface area contributed by atoms with Gasteiger partial charge in [0.25, 0.3) is 0 Å². The lowest BCUT2D eigenvalue weighted by Crippen LogP contribution is -2.18. The Morgan fingerprint density at radius 2 is 1.92 bits per heavy atom. The molecule has 0 saturated heterocycles. The van der Waals surface area contributed by atoms with Crippen LogP contribution < -0.4 is 5.73 Å². The first-order valence-corrected chi connectivity index (χ1v) is 5.48. The molecule has 0 aromatic heterocycles. The van der Waals surface area contributed by atoms with E-state index < -0.39 is 0 Å². The van der Waals surface area contributed by atoms with E-state index in [0.29, 0.717) is 0 Å². The maximum atomic E-state index is 5.79. The summed E-state index contributed by atoms with van der Waals surface area (Å²) in [5, 5.41) is 0. The summed E-state index contributed by atoms with van der Waals surface area (Å²) in [7, 11) is 0. The molecule has 0 amide bonds. The van der Waals surface area contributed by atoms with Crippen LogP contribution in [0.25, 0.3) is 0 Å². The lowest BCUT2D eigenvalue weighted by atomic mass is 9.89.